The van der Waals surface area contributed by atoms with Crippen LogP contribution in [0.25, 0.3) is 0 Å². The maximum atomic E-state index is 12.8. The Kier molecular flexibility index (Phi) is 48.8. The first kappa shape index (κ1) is 64.9. The third kappa shape index (κ3) is 54.7. The summed E-state index contributed by atoms with van der Waals surface area (Å²) >= 11 is 0. The molecule has 0 amide bonds. The number of phosphoric ester groups is 1. The molecule has 67 heavy (non-hydrogen) atoms. The number of ether oxygens (including phenoxy) is 2. The summed E-state index contributed by atoms with van der Waals surface area (Å²) in [5, 5.41) is 0. The number of quaternary nitrogens is 1. The molecule has 0 aliphatic rings. The molecule has 0 bridgehead atoms. The van der Waals surface area contributed by atoms with E-state index in [0.717, 1.165) is 70.6 Å². The highest BCUT2D eigenvalue weighted by Crippen LogP contribution is 2.43. The van der Waals surface area contributed by atoms with Gasteiger partial charge >= 0.3 is 13.8 Å². The highest BCUT2D eigenvalue weighted by molar-refractivity contribution is 7.47. The third-order valence-electron chi connectivity index (χ3n) is 11.8. The van der Waals surface area contributed by atoms with Crippen molar-refractivity contribution in [1.82, 2.24) is 0 Å². The highest BCUT2D eigenvalue weighted by atomic mass is 31.2. The van der Waals surface area contributed by atoms with Crippen molar-refractivity contribution in [1.29, 1.82) is 0 Å². The molecule has 0 heterocycles. The monoisotopic (exact) mass is 961 g/mol. The van der Waals surface area contributed by atoms with Gasteiger partial charge in [0.15, 0.2) is 0 Å². The molecule has 0 fully saturated rings. The summed E-state index contributed by atoms with van der Waals surface area (Å²) in [4.78, 5) is 23.1. The third-order valence-corrected chi connectivity index (χ3v) is 12.7. The number of allylic oxidation sites excluding steroid dienone is 12. The number of unbranched alkanes of at least 4 members (excludes halogenated alkanes) is 25. The molecule has 0 radical (unpaired) electrons. The van der Waals surface area contributed by atoms with Crippen LogP contribution in [0.1, 0.15) is 232 Å². The quantitative estimate of drug-likeness (QED) is 0.0213. The highest BCUT2D eigenvalue weighted by Gasteiger charge is 2.26. The fourth-order valence-corrected chi connectivity index (χ4v) is 8.26. The zero-order valence-electron chi connectivity index (χ0n) is 44.4. The van der Waals surface area contributed by atoms with Crippen LogP contribution in [0, 0.1) is 0 Å². The van der Waals surface area contributed by atoms with Crippen molar-refractivity contribution in [2.45, 2.75) is 238 Å². The van der Waals surface area contributed by atoms with E-state index in [2.05, 4.69) is 86.8 Å². The van der Waals surface area contributed by atoms with Gasteiger partial charge in [0.25, 0.3) is 0 Å². The van der Waals surface area contributed by atoms with E-state index in [4.69, 9.17) is 18.5 Å². The van der Waals surface area contributed by atoms with E-state index in [1.165, 1.54) is 141 Å². The van der Waals surface area contributed by atoms with Crippen molar-refractivity contribution in [3.63, 3.8) is 0 Å². The molecule has 0 aliphatic heterocycles. The predicted octanol–water partition coefficient (Wildman–Crippen LogP) is 17.4. The van der Waals surface area contributed by atoms with Gasteiger partial charge in [-0.3, -0.25) is 13.8 Å². The maximum absolute atomic E-state index is 12.8. The predicted molar refractivity (Wildman–Crippen MR) is 288 cm³/mol. The molecule has 9 heteroatoms. The van der Waals surface area contributed by atoms with Crippen LogP contribution in [0.4, 0.5) is 0 Å². The average Bonchev–Trinajstić information content (AvgIpc) is 3.29. The van der Waals surface area contributed by atoms with E-state index >= 15 is 0 Å². The van der Waals surface area contributed by atoms with Crippen molar-refractivity contribution in [3.8, 4) is 0 Å². The van der Waals surface area contributed by atoms with E-state index in [1.807, 2.05) is 21.1 Å². The fourth-order valence-electron chi connectivity index (χ4n) is 7.52. The van der Waals surface area contributed by atoms with Crippen molar-refractivity contribution < 1.29 is 37.3 Å². The minimum Gasteiger partial charge on any atom is -0.457 e. The summed E-state index contributed by atoms with van der Waals surface area (Å²) in [5.41, 5.74) is 0. The van der Waals surface area contributed by atoms with Crippen molar-refractivity contribution in [2.75, 3.05) is 54.1 Å². The molecule has 0 saturated heterocycles. The van der Waals surface area contributed by atoms with Crippen LogP contribution >= 0.6 is 7.82 Å². The minimum absolute atomic E-state index is 0.0839. The van der Waals surface area contributed by atoms with Gasteiger partial charge in [-0.25, -0.2) is 4.57 Å². The number of hydrogen-bond donors (Lipinski definition) is 1. The van der Waals surface area contributed by atoms with Crippen LogP contribution in [0.2, 0.25) is 0 Å². The van der Waals surface area contributed by atoms with Gasteiger partial charge in [0.2, 0.25) is 0 Å². The molecule has 0 aliphatic carbocycles. The number of likely N-dealkylation sites (N-methyl/N-ethyl adjacent to an activating group) is 1. The van der Waals surface area contributed by atoms with E-state index in [-0.39, 0.29) is 25.8 Å². The molecule has 0 rings (SSSR count). The van der Waals surface area contributed by atoms with Crippen LogP contribution in [0.15, 0.2) is 72.9 Å². The van der Waals surface area contributed by atoms with Gasteiger partial charge < -0.3 is 18.9 Å². The normalized spacial score (nSPS) is 14.1. The molecule has 0 spiro atoms. The lowest BCUT2D eigenvalue weighted by Gasteiger charge is -2.24. The van der Waals surface area contributed by atoms with Gasteiger partial charge in [-0.2, -0.15) is 0 Å². The molecule has 0 aromatic carbocycles. The number of rotatable bonds is 51. The molecule has 1 N–H and O–H groups in total. The topological polar surface area (TPSA) is 91.3 Å². The van der Waals surface area contributed by atoms with Crippen LogP contribution in [0.3, 0.4) is 0 Å². The van der Waals surface area contributed by atoms with E-state index in [9.17, 15) is 14.3 Å². The Labute approximate surface area is 414 Å². The first-order valence-corrected chi connectivity index (χ1v) is 29.2. The maximum Gasteiger partial charge on any atom is 0.472 e. The second kappa shape index (κ2) is 50.3. The first-order valence-electron chi connectivity index (χ1n) is 27.7. The van der Waals surface area contributed by atoms with Crippen molar-refractivity contribution in [2.24, 2.45) is 0 Å². The summed E-state index contributed by atoms with van der Waals surface area (Å²) in [6, 6.07) is 0. The summed E-state index contributed by atoms with van der Waals surface area (Å²) in [7, 11) is 1.66. The molecule has 2 atom stereocenters. The summed E-state index contributed by atoms with van der Waals surface area (Å²) < 4.78 is 35.2. The number of carbonyl (C=O) groups excluding carboxylic acids is 1. The van der Waals surface area contributed by atoms with Gasteiger partial charge in [-0.1, -0.05) is 215 Å². The molecule has 2 unspecified atom stereocenters. The van der Waals surface area contributed by atoms with Gasteiger partial charge in [0.1, 0.15) is 19.3 Å². The van der Waals surface area contributed by atoms with Gasteiger partial charge in [-0.05, 0) is 83.5 Å². The molecular weight excluding hydrogens is 854 g/mol. The lowest BCUT2D eigenvalue weighted by atomic mass is 10.0. The van der Waals surface area contributed by atoms with Crippen LogP contribution < -0.4 is 0 Å². The number of phosphoric acid groups is 1. The second-order valence-electron chi connectivity index (χ2n) is 19.6. The average molecular weight is 961 g/mol. The summed E-state index contributed by atoms with van der Waals surface area (Å²) in [6.45, 7) is 5.50. The SMILES string of the molecule is CC/C=C\C/C=C\C/C=C\C/C=C\CCCCCCCCCCC(=O)OC(COCCCCCCCCCCCCCC/C=C\C/C=C\CCCCCCC)COP(=O)(O)OCC[N+](C)(C)C. The number of nitrogens with zero attached hydrogens (tertiary/aromatic N) is 1. The Bertz CT molecular complexity index is 1300. The van der Waals surface area contributed by atoms with Gasteiger partial charge in [-0.15, -0.1) is 0 Å². The van der Waals surface area contributed by atoms with Gasteiger partial charge in [0.05, 0.1) is 34.4 Å². The first-order chi connectivity index (χ1) is 32.6. The van der Waals surface area contributed by atoms with Crippen molar-refractivity contribution in [3.05, 3.63) is 72.9 Å². The Morgan fingerprint density at radius 3 is 1.30 bits per heavy atom. The zero-order chi connectivity index (χ0) is 49.0. The van der Waals surface area contributed by atoms with Crippen molar-refractivity contribution >= 4 is 13.8 Å². The van der Waals surface area contributed by atoms with E-state index in [0.29, 0.717) is 24.1 Å². The molecule has 0 aromatic heterocycles. The molecule has 8 nitrogen and oxygen atoms in total. The summed E-state index contributed by atoms with van der Waals surface area (Å²) in [6.07, 6.45) is 66.7. The zero-order valence-corrected chi connectivity index (χ0v) is 45.3. The van der Waals surface area contributed by atoms with Crippen LogP contribution in [-0.2, 0) is 27.9 Å². The largest absolute Gasteiger partial charge is 0.472 e. The molecule has 0 saturated carbocycles. The standard InChI is InChI=1S/C58H106NO7P/c1-6-8-10-12-14-16-18-20-22-24-26-28-29-30-32-34-36-38-40-42-44-46-48-50-53-63-55-57(56-65-67(61,62)64-54-52-59(3,4)5)66-58(60)51-49-47-45-43-41-39-37-35-33-31-27-25-23-21-19-17-15-13-11-9-7-2/h9,11,15,17-18,20-21,23-24,26-27,31,57H,6-8,10,12-14,16,19,22,25,28-30,32-56H2,1-5H3/p+1/b11-9-,17-15-,20-18-,23-21-,26-24-,31-27-. The number of carbonyl (C=O) groups is 1. The van der Waals surface area contributed by atoms with Crippen LogP contribution in [-0.4, -0.2) is 75.6 Å². The minimum atomic E-state index is -4.29. The number of hydrogen-bond acceptors (Lipinski definition) is 6. The lowest BCUT2D eigenvalue weighted by Crippen LogP contribution is -2.37. The molecule has 390 valence electrons. The van der Waals surface area contributed by atoms with Crippen LogP contribution in [0.5, 0.6) is 0 Å². The van der Waals surface area contributed by atoms with E-state index in [1.54, 1.807) is 0 Å². The lowest BCUT2D eigenvalue weighted by molar-refractivity contribution is -0.870. The summed E-state index contributed by atoms with van der Waals surface area (Å²) in [5.74, 6) is -0.322. The Morgan fingerprint density at radius 1 is 0.478 bits per heavy atom. The smallest absolute Gasteiger partial charge is 0.457 e. The Morgan fingerprint density at radius 2 is 0.866 bits per heavy atom. The molecular formula is C58H107NO7P+. The molecule has 0 aromatic rings. The number of esters is 1. The second-order valence-corrected chi connectivity index (χ2v) is 21.0. The Hall–Kier alpha value is -2.06. The fraction of sp³-hybridized carbons (Fsp3) is 0.776. The Balaban J connectivity index is 4.12. The van der Waals surface area contributed by atoms with Gasteiger partial charge in [0, 0.05) is 13.0 Å². The van der Waals surface area contributed by atoms with E-state index < -0.39 is 13.9 Å².